The number of carbonyl (C=O) groups is 1. The minimum absolute atomic E-state index is 0.319. The van der Waals surface area contributed by atoms with Crippen LogP contribution in [0.2, 0.25) is 0 Å². The summed E-state index contributed by atoms with van der Waals surface area (Å²) in [6, 6.07) is 7.29. The lowest BCUT2D eigenvalue weighted by atomic mass is 10.1. The van der Waals surface area contributed by atoms with Gasteiger partial charge in [-0.2, -0.15) is 0 Å². The van der Waals surface area contributed by atoms with Gasteiger partial charge in [0.15, 0.2) is 0 Å². The van der Waals surface area contributed by atoms with Crippen molar-refractivity contribution in [1.29, 1.82) is 0 Å². The monoisotopic (exact) mass is 312 g/mol. The van der Waals surface area contributed by atoms with Crippen molar-refractivity contribution in [2.24, 2.45) is 0 Å². The van der Waals surface area contributed by atoms with Crippen LogP contribution in [0.5, 0.6) is 5.75 Å². The maximum Gasteiger partial charge on any atom is 0.308 e. The van der Waals surface area contributed by atoms with Crippen molar-refractivity contribution in [3.63, 3.8) is 0 Å². The van der Waals surface area contributed by atoms with Crippen LogP contribution in [0.4, 0.5) is 0 Å². The van der Waals surface area contributed by atoms with Gasteiger partial charge in [-0.15, -0.1) is 0 Å². The van der Waals surface area contributed by atoms with Gasteiger partial charge in [0.25, 0.3) is 0 Å². The minimum Gasteiger partial charge on any atom is -0.427 e. The number of rotatable bonds is 8. The lowest BCUT2D eigenvalue weighted by molar-refractivity contribution is -0.131. The molecule has 1 heterocycles. The highest BCUT2D eigenvalue weighted by atomic mass is 16.5. The number of benzene rings is 1. The van der Waals surface area contributed by atoms with E-state index in [1.807, 2.05) is 24.5 Å². The average Bonchev–Trinajstić information content (AvgIpc) is 2.55. The molecular weight excluding hydrogens is 288 g/mol. The molecule has 0 bridgehead atoms. The van der Waals surface area contributed by atoms with Crippen molar-refractivity contribution in [2.75, 3.05) is 0 Å². The third-order valence-electron chi connectivity index (χ3n) is 3.65. The first-order valence-corrected chi connectivity index (χ1v) is 8.29. The summed E-state index contributed by atoms with van der Waals surface area (Å²) in [7, 11) is 0. The van der Waals surface area contributed by atoms with Gasteiger partial charge in [-0.3, -0.25) is 14.8 Å². The van der Waals surface area contributed by atoms with Gasteiger partial charge in [0.2, 0.25) is 0 Å². The highest BCUT2D eigenvalue weighted by Gasteiger charge is 2.03. The van der Waals surface area contributed by atoms with Crippen LogP contribution in [0.25, 0.3) is 11.3 Å². The second kappa shape index (κ2) is 9.03. The number of aromatic nitrogens is 2. The zero-order valence-corrected chi connectivity index (χ0v) is 13.9. The fraction of sp³-hybridized carbons (Fsp3) is 0.421. The van der Waals surface area contributed by atoms with Crippen molar-refractivity contribution >= 4 is 5.97 Å². The molecule has 23 heavy (non-hydrogen) atoms. The summed E-state index contributed by atoms with van der Waals surface area (Å²) in [6.45, 7) is 3.61. The Bertz CT molecular complexity index is 606. The van der Waals surface area contributed by atoms with E-state index in [0.717, 1.165) is 23.4 Å². The Kier molecular flexibility index (Phi) is 6.73. The summed E-state index contributed by atoms with van der Waals surface area (Å²) in [4.78, 5) is 19.9. The molecule has 0 spiro atoms. The van der Waals surface area contributed by atoms with Gasteiger partial charge in [0.05, 0.1) is 17.6 Å². The summed E-state index contributed by atoms with van der Waals surface area (Å²) in [5, 5.41) is 0. The van der Waals surface area contributed by atoms with E-state index in [-0.39, 0.29) is 5.97 Å². The second-order valence-electron chi connectivity index (χ2n) is 5.68. The van der Waals surface area contributed by atoms with Crippen molar-refractivity contribution in [1.82, 2.24) is 9.97 Å². The molecule has 1 aromatic heterocycles. The third-order valence-corrected chi connectivity index (χ3v) is 3.65. The number of hydrogen-bond donors (Lipinski definition) is 0. The molecule has 0 unspecified atom stereocenters. The summed E-state index contributed by atoms with van der Waals surface area (Å²) in [5.74, 6) is 0.221. The van der Waals surface area contributed by atoms with Crippen molar-refractivity contribution in [2.45, 2.75) is 52.4 Å². The Morgan fingerprint density at radius 2 is 1.74 bits per heavy atom. The van der Waals surface area contributed by atoms with Crippen LogP contribution in [0.1, 0.15) is 51.6 Å². The largest absolute Gasteiger partial charge is 0.427 e. The van der Waals surface area contributed by atoms with Crippen LogP contribution in [0, 0.1) is 0 Å². The zero-order chi connectivity index (χ0) is 16.5. The number of ether oxygens (including phenoxy) is 1. The Morgan fingerprint density at radius 3 is 2.35 bits per heavy atom. The number of esters is 1. The Balaban J connectivity index is 1.90. The summed E-state index contributed by atoms with van der Waals surface area (Å²) < 4.78 is 5.02. The highest BCUT2D eigenvalue weighted by Crippen LogP contribution is 2.20. The van der Waals surface area contributed by atoms with Gasteiger partial charge in [-0.05, 0) is 37.1 Å². The highest BCUT2D eigenvalue weighted by molar-refractivity contribution is 5.69. The quantitative estimate of drug-likeness (QED) is 0.406. The topological polar surface area (TPSA) is 52.1 Å². The second-order valence-corrected chi connectivity index (χ2v) is 5.68. The van der Waals surface area contributed by atoms with Crippen LogP contribution in [0.15, 0.2) is 36.7 Å². The molecule has 0 radical (unpaired) electrons. The minimum atomic E-state index is -0.319. The van der Waals surface area contributed by atoms with E-state index in [4.69, 9.17) is 4.74 Å². The molecule has 0 fully saturated rings. The van der Waals surface area contributed by atoms with E-state index in [2.05, 4.69) is 16.9 Å². The van der Waals surface area contributed by atoms with Crippen LogP contribution in [0.3, 0.4) is 0 Å². The van der Waals surface area contributed by atoms with Gasteiger partial charge in [-0.1, -0.05) is 32.6 Å². The van der Waals surface area contributed by atoms with Gasteiger partial charge in [0, 0.05) is 18.7 Å². The maximum absolute atomic E-state index is 10.9. The lowest BCUT2D eigenvalue weighted by Gasteiger charge is -2.05. The van der Waals surface area contributed by atoms with Gasteiger partial charge in [-0.25, -0.2) is 0 Å². The van der Waals surface area contributed by atoms with E-state index in [0.29, 0.717) is 5.75 Å². The normalized spacial score (nSPS) is 10.5. The first-order valence-electron chi connectivity index (χ1n) is 8.29. The molecule has 0 aliphatic carbocycles. The van der Waals surface area contributed by atoms with Crippen LogP contribution in [-0.4, -0.2) is 15.9 Å². The summed E-state index contributed by atoms with van der Waals surface area (Å²) in [5.41, 5.74) is 2.83. The molecule has 0 N–H and O–H groups in total. The zero-order valence-electron chi connectivity index (χ0n) is 13.9. The van der Waals surface area contributed by atoms with Crippen molar-refractivity contribution in [3.8, 4) is 17.0 Å². The van der Waals surface area contributed by atoms with Crippen molar-refractivity contribution in [3.05, 3.63) is 42.4 Å². The lowest BCUT2D eigenvalue weighted by Crippen LogP contribution is -2.01. The molecule has 1 aromatic carbocycles. The summed E-state index contributed by atoms with van der Waals surface area (Å²) >= 11 is 0. The molecule has 0 aliphatic rings. The Hall–Kier alpha value is -2.23. The molecule has 122 valence electrons. The fourth-order valence-corrected chi connectivity index (χ4v) is 2.40. The molecule has 0 aliphatic heterocycles. The molecular formula is C19H24N2O2. The van der Waals surface area contributed by atoms with Crippen LogP contribution < -0.4 is 4.74 Å². The van der Waals surface area contributed by atoms with E-state index >= 15 is 0 Å². The van der Waals surface area contributed by atoms with Crippen molar-refractivity contribution < 1.29 is 9.53 Å². The van der Waals surface area contributed by atoms with E-state index in [1.54, 1.807) is 12.1 Å². The van der Waals surface area contributed by atoms with E-state index in [9.17, 15) is 4.79 Å². The number of unbranched alkanes of at least 4 members (excludes halogenated alkanes) is 4. The fourth-order valence-electron chi connectivity index (χ4n) is 2.40. The molecule has 2 rings (SSSR count). The predicted octanol–water partition coefficient (Wildman–Crippen LogP) is 4.58. The molecule has 0 amide bonds. The first kappa shape index (κ1) is 17.1. The van der Waals surface area contributed by atoms with Gasteiger partial charge < -0.3 is 4.74 Å². The van der Waals surface area contributed by atoms with Gasteiger partial charge in [0.1, 0.15) is 5.75 Å². The number of carbonyl (C=O) groups excluding carboxylic acids is 1. The first-order chi connectivity index (χ1) is 11.2. The molecule has 2 aromatic rings. The SMILES string of the molecule is CCCCCCCc1cnc(-c2ccc(OC(C)=O)cc2)cn1. The third kappa shape index (κ3) is 5.81. The molecule has 0 atom stereocenters. The number of hydrogen-bond acceptors (Lipinski definition) is 4. The van der Waals surface area contributed by atoms with E-state index < -0.39 is 0 Å². The molecule has 4 nitrogen and oxygen atoms in total. The Morgan fingerprint density at radius 1 is 1.00 bits per heavy atom. The smallest absolute Gasteiger partial charge is 0.308 e. The van der Waals surface area contributed by atoms with Crippen LogP contribution >= 0.6 is 0 Å². The standard InChI is InChI=1S/C19H24N2O2/c1-3-4-5-6-7-8-17-13-21-19(14-20-17)16-9-11-18(12-10-16)23-15(2)22/h9-14H,3-8H2,1-2H3. The molecule has 0 saturated heterocycles. The Labute approximate surface area is 137 Å². The molecule has 4 heteroatoms. The van der Waals surface area contributed by atoms with Crippen LogP contribution in [-0.2, 0) is 11.2 Å². The van der Waals surface area contributed by atoms with E-state index in [1.165, 1.54) is 39.0 Å². The summed E-state index contributed by atoms with van der Waals surface area (Å²) in [6.07, 6.45) is 11.0. The molecule has 0 saturated carbocycles. The number of aryl methyl sites for hydroxylation is 1. The predicted molar refractivity (Wildman–Crippen MR) is 91.2 cm³/mol. The van der Waals surface area contributed by atoms with Gasteiger partial charge >= 0.3 is 5.97 Å². The average molecular weight is 312 g/mol. The number of nitrogens with zero attached hydrogens (tertiary/aromatic N) is 2. The maximum atomic E-state index is 10.9.